The molecule has 0 saturated carbocycles. The lowest BCUT2D eigenvalue weighted by Gasteiger charge is -2.14. The molecular weight excluding hydrogens is 551 g/mol. The van der Waals surface area contributed by atoms with E-state index in [1.165, 1.54) is 32.2 Å². The van der Waals surface area contributed by atoms with Crippen molar-refractivity contribution in [2.75, 3.05) is 5.73 Å². The van der Waals surface area contributed by atoms with Gasteiger partial charge in [-0.3, -0.25) is 9.36 Å². The number of rotatable bonds is 6. The zero-order valence-electron chi connectivity index (χ0n) is 22.5. The van der Waals surface area contributed by atoms with Crippen LogP contribution in [-0.4, -0.2) is 44.1 Å². The van der Waals surface area contributed by atoms with Crippen LogP contribution in [0.25, 0.3) is 33.5 Å². The number of phenolic OH excluding ortho intramolecular Hbond substituents is 2. The summed E-state index contributed by atoms with van der Waals surface area (Å²) in [6, 6.07) is 21.4. The van der Waals surface area contributed by atoms with Crippen molar-refractivity contribution in [1.29, 1.82) is 0 Å². The fraction of sp³-hybridized carbons (Fsp3) is 0.0645. The first-order valence-corrected chi connectivity index (χ1v) is 13.3. The number of fused-ring (bicyclic) bond motifs is 2. The average molecular weight is 575 g/mol. The van der Waals surface area contributed by atoms with Gasteiger partial charge in [-0.2, -0.15) is 10.2 Å². The summed E-state index contributed by atoms with van der Waals surface area (Å²) in [5.74, 6) is -0.300. The second-order valence-corrected chi connectivity index (χ2v) is 10.0. The SMILES string of the molecule is Nc1ncnc2c1c(-c1cc(O)cc(F)c1)nn2Cc1nn2ccc(Cc3cccc(O)c3)c2c(=O)n1-c1ccccc1. The number of hydrogen-bond acceptors (Lipinski definition) is 8. The summed E-state index contributed by atoms with van der Waals surface area (Å²) >= 11 is 0. The number of hydrogen-bond donors (Lipinski definition) is 3. The van der Waals surface area contributed by atoms with Crippen molar-refractivity contribution in [3.05, 3.63) is 125 Å². The van der Waals surface area contributed by atoms with Gasteiger partial charge in [0.05, 0.1) is 11.1 Å². The van der Waals surface area contributed by atoms with Crippen LogP contribution in [0.1, 0.15) is 17.0 Å². The lowest BCUT2D eigenvalue weighted by atomic mass is 10.1. The van der Waals surface area contributed by atoms with Crippen molar-refractivity contribution in [2.45, 2.75) is 13.0 Å². The highest BCUT2D eigenvalue weighted by atomic mass is 19.1. The van der Waals surface area contributed by atoms with Crippen LogP contribution in [0.15, 0.2) is 96.2 Å². The third-order valence-electron chi connectivity index (χ3n) is 7.16. The molecule has 0 aliphatic heterocycles. The molecule has 7 rings (SSSR count). The molecule has 4 heterocycles. The van der Waals surface area contributed by atoms with Crippen molar-refractivity contribution in [1.82, 2.24) is 33.9 Å². The fourth-order valence-corrected chi connectivity index (χ4v) is 5.33. The predicted molar refractivity (Wildman–Crippen MR) is 158 cm³/mol. The number of nitrogens with two attached hydrogens (primary N) is 1. The first-order valence-electron chi connectivity index (χ1n) is 13.3. The van der Waals surface area contributed by atoms with Crippen LogP contribution < -0.4 is 11.3 Å². The van der Waals surface area contributed by atoms with Gasteiger partial charge >= 0.3 is 0 Å². The maximum absolute atomic E-state index is 14.2. The molecule has 0 atom stereocenters. The first-order chi connectivity index (χ1) is 20.9. The molecule has 0 amide bonds. The topological polar surface area (TPSA) is 149 Å². The van der Waals surface area contributed by atoms with Crippen molar-refractivity contribution >= 4 is 22.4 Å². The summed E-state index contributed by atoms with van der Waals surface area (Å²) in [4.78, 5) is 22.7. The van der Waals surface area contributed by atoms with E-state index in [-0.39, 0.29) is 40.7 Å². The van der Waals surface area contributed by atoms with Gasteiger partial charge in [0.15, 0.2) is 11.5 Å². The summed E-state index contributed by atoms with van der Waals surface area (Å²) in [5.41, 5.74) is 9.41. The molecule has 0 aliphatic rings. The number of anilines is 1. The molecule has 0 unspecified atom stereocenters. The molecule has 212 valence electrons. The highest BCUT2D eigenvalue weighted by Gasteiger charge is 2.22. The van der Waals surface area contributed by atoms with Crippen LogP contribution in [0.4, 0.5) is 10.2 Å². The van der Waals surface area contributed by atoms with Crippen LogP contribution >= 0.6 is 0 Å². The number of benzene rings is 3. The Morgan fingerprint density at radius 2 is 1.72 bits per heavy atom. The molecule has 0 spiro atoms. The molecule has 4 N–H and O–H groups in total. The zero-order chi connectivity index (χ0) is 29.7. The van der Waals surface area contributed by atoms with E-state index in [1.54, 1.807) is 24.4 Å². The van der Waals surface area contributed by atoms with Crippen LogP contribution in [-0.2, 0) is 13.0 Å². The van der Waals surface area contributed by atoms with Gasteiger partial charge in [-0.1, -0.05) is 30.3 Å². The van der Waals surface area contributed by atoms with Gasteiger partial charge in [0, 0.05) is 17.8 Å². The molecular formula is C31H23FN8O3. The maximum Gasteiger partial charge on any atom is 0.282 e. The number of halogens is 1. The Kier molecular flexibility index (Phi) is 6.08. The minimum atomic E-state index is -0.646. The van der Waals surface area contributed by atoms with Crippen LogP contribution in [0, 0.1) is 5.82 Å². The molecule has 4 aromatic heterocycles. The first kappa shape index (κ1) is 25.9. The molecule has 3 aromatic carbocycles. The molecule has 0 fully saturated rings. The molecule has 0 radical (unpaired) electrons. The van der Waals surface area contributed by atoms with Crippen molar-refractivity contribution in [2.24, 2.45) is 0 Å². The monoisotopic (exact) mass is 574 g/mol. The average Bonchev–Trinajstić information content (AvgIpc) is 3.55. The van der Waals surface area contributed by atoms with Gasteiger partial charge < -0.3 is 15.9 Å². The fourth-order valence-electron chi connectivity index (χ4n) is 5.33. The zero-order valence-corrected chi connectivity index (χ0v) is 22.5. The second kappa shape index (κ2) is 10.1. The van der Waals surface area contributed by atoms with Gasteiger partial charge in [-0.05, 0) is 60.0 Å². The van der Waals surface area contributed by atoms with E-state index in [1.807, 2.05) is 42.5 Å². The summed E-state index contributed by atoms with van der Waals surface area (Å²) in [7, 11) is 0. The highest BCUT2D eigenvalue weighted by molar-refractivity contribution is 5.98. The molecule has 43 heavy (non-hydrogen) atoms. The number of nitrogens with zero attached hydrogens (tertiary/aromatic N) is 7. The summed E-state index contributed by atoms with van der Waals surface area (Å²) < 4.78 is 18.8. The molecule has 12 heteroatoms. The van der Waals surface area contributed by atoms with Gasteiger partial charge in [0.1, 0.15) is 47.2 Å². The van der Waals surface area contributed by atoms with Crippen molar-refractivity contribution in [3.8, 4) is 28.4 Å². The van der Waals surface area contributed by atoms with Gasteiger partial charge in [0.2, 0.25) is 0 Å². The van der Waals surface area contributed by atoms with E-state index < -0.39 is 5.82 Å². The van der Waals surface area contributed by atoms with Gasteiger partial charge in [-0.25, -0.2) is 23.6 Å². The standard InChI is InChI=1S/C31H23FN8O3/c32-21-13-20(14-24(42)15-21)27-26-29(33)34-17-35-30(26)39(37-27)16-25-36-38-10-9-19(11-18-5-4-8-23(41)12-18)28(38)31(43)40(25)22-6-2-1-3-7-22/h1-10,12-15,17,41-42H,11,16H2,(H2,33,34,35). The molecule has 0 saturated heterocycles. The summed E-state index contributed by atoms with van der Waals surface area (Å²) in [5, 5.41) is 29.8. The van der Waals surface area contributed by atoms with E-state index in [9.17, 15) is 19.4 Å². The Labute approximate surface area is 242 Å². The molecule has 7 aromatic rings. The van der Waals surface area contributed by atoms with E-state index in [2.05, 4.69) is 15.1 Å². The Morgan fingerprint density at radius 3 is 2.51 bits per heavy atom. The molecule has 11 nitrogen and oxygen atoms in total. The Balaban J connectivity index is 1.41. The number of nitrogen functional groups attached to an aromatic ring is 1. The maximum atomic E-state index is 14.2. The van der Waals surface area contributed by atoms with Crippen LogP contribution in [0.3, 0.4) is 0 Å². The quantitative estimate of drug-likeness (QED) is 0.269. The normalized spacial score (nSPS) is 11.5. The molecule has 0 aliphatic carbocycles. The Bertz CT molecular complexity index is 2200. The van der Waals surface area contributed by atoms with Crippen LogP contribution in [0.2, 0.25) is 0 Å². The highest BCUT2D eigenvalue weighted by Crippen LogP contribution is 2.32. The van der Waals surface area contributed by atoms with E-state index in [4.69, 9.17) is 10.8 Å². The minimum absolute atomic E-state index is 0.00556. The lowest BCUT2D eigenvalue weighted by molar-refractivity contribution is 0.469. The Morgan fingerprint density at radius 1 is 0.884 bits per heavy atom. The largest absolute Gasteiger partial charge is 0.508 e. The van der Waals surface area contributed by atoms with Crippen molar-refractivity contribution < 1.29 is 14.6 Å². The van der Waals surface area contributed by atoms with E-state index in [0.29, 0.717) is 34.5 Å². The number of phenols is 2. The number of aromatic nitrogens is 7. The molecule has 0 bridgehead atoms. The van der Waals surface area contributed by atoms with E-state index in [0.717, 1.165) is 17.2 Å². The van der Waals surface area contributed by atoms with Crippen LogP contribution in [0.5, 0.6) is 11.5 Å². The second-order valence-electron chi connectivity index (χ2n) is 10.0. The summed E-state index contributed by atoms with van der Waals surface area (Å²) in [6.45, 7) is -0.00556. The summed E-state index contributed by atoms with van der Waals surface area (Å²) in [6.07, 6.45) is 3.43. The third kappa shape index (κ3) is 4.60. The third-order valence-corrected chi connectivity index (χ3v) is 7.16. The number of para-hydroxylation sites is 1. The predicted octanol–water partition coefficient (Wildman–Crippen LogP) is 4.06. The smallest absolute Gasteiger partial charge is 0.282 e. The minimum Gasteiger partial charge on any atom is -0.508 e. The van der Waals surface area contributed by atoms with E-state index >= 15 is 0 Å². The number of aromatic hydroxyl groups is 2. The Hall–Kier alpha value is -6.04. The van der Waals surface area contributed by atoms with Gasteiger partial charge in [0.25, 0.3) is 5.56 Å². The lowest BCUT2D eigenvalue weighted by Crippen LogP contribution is -2.28. The van der Waals surface area contributed by atoms with Gasteiger partial charge in [-0.15, -0.1) is 0 Å². The van der Waals surface area contributed by atoms with Crippen molar-refractivity contribution in [3.63, 3.8) is 0 Å².